The van der Waals surface area contributed by atoms with Crippen molar-refractivity contribution in [3.05, 3.63) is 52.5 Å². The third-order valence-electron chi connectivity index (χ3n) is 3.80. The third kappa shape index (κ3) is 3.86. The first kappa shape index (κ1) is 17.9. The molecule has 2 N–H and O–H groups in total. The molecule has 1 unspecified atom stereocenters. The summed E-state index contributed by atoms with van der Waals surface area (Å²) in [6, 6.07) is 12.3. The first-order chi connectivity index (χ1) is 11.9. The average molecular weight is 425 g/mol. The Labute approximate surface area is 154 Å². The highest BCUT2D eigenvalue weighted by Crippen LogP contribution is 2.39. The van der Waals surface area contributed by atoms with Crippen LogP contribution in [-0.2, 0) is 21.4 Å². The fraction of sp³-hybridized carbons (Fsp3) is 0.235. The van der Waals surface area contributed by atoms with E-state index >= 15 is 0 Å². The van der Waals surface area contributed by atoms with Gasteiger partial charge < -0.3 is 10.1 Å². The Morgan fingerprint density at radius 1 is 1.24 bits per heavy atom. The molecule has 1 aliphatic heterocycles. The van der Waals surface area contributed by atoms with Gasteiger partial charge in [-0.3, -0.25) is 4.79 Å². The van der Waals surface area contributed by atoms with Gasteiger partial charge >= 0.3 is 0 Å². The van der Waals surface area contributed by atoms with Crippen LogP contribution in [0.3, 0.4) is 0 Å². The number of hydrogen-bond acceptors (Lipinski definition) is 4. The summed E-state index contributed by atoms with van der Waals surface area (Å²) in [5.41, 5.74) is 1.18. The van der Waals surface area contributed by atoms with E-state index in [1.54, 1.807) is 13.0 Å². The van der Waals surface area contributed by atoms with Crippen LogP contribution in [0.1, 0.15) is 18.9 Å². The third-order valence-corrected chi connectivity index (χ3v) is 5.66. The first-order valence-corrected chi connectivity index (χ1v) is 10.0. The van der Waals surface area contributed by atoms with Crippen molar-refractivity contribution in [2.75, 3.05) is 5.32 Å². The number of anilines is 1. The molecule has 2 aromatic carbocycles. The van der Waals surface area contributed by atoms with Crippen LogP contribution in [0, 0.1) is 0 Å². The van der Waals surface area contributed by atoms with Gasteiger partial charge in [0.25, 0.3) is 5.91 Å². The van der Waals surface area contributed by atoms with E-state index in [2.05, 4.69) is 26.0 Å². The Balaban J connectivity index is 1.95. The average Bonchev–Trinajstić information content (AvgIpc) is 2.59. The van der Waals surface area contributed by atoms with Gasteiger partial charge in [-0.1, -0.05) is 53.2 Å². The molecule has 6 nitrogen and oxygen atoms in total. The van der Waals surface area contributed by atoms with Crippen LogP contribution in [-0.4, -0.2) is 20.4 Å². The SMILES string of the molecule is CCC1Oc2c(cc(Br)cc2S(=O)(=O)NCc2ccccc2)NC1=O. The number of amides is 1. The molecule has 0 saturated carbocycles. The van der Waals surface area contributed by atoms with E-state index < -0.39 is 16.1 Å². The zero-order valence-corrected chi connectivity index (χ0v) is 15.9. The fourth-order valence-electron chi connectivity index (χ4n) is 2.51. The van der Waals surface area contributed by atoms with E-state index in [9.17, 15) is 13.2 Å². The molecule has 0 aliphatic carbocycles. The lowest BCUT2D eigenvalue weighted by molar-refractivity contribution is -0.123. The van der Waals surface area contributed by atoms with Crippen LogP contribution >= 0.6 is 15.9 Å². The van der Waals surface area contributed by atoms with E-state index in [0.717, 1.165) is 5.56 Å². The van der Waals surface area contributed by atoms with Gasteiger partial charge in [-0.25, -0.2) is 13.1 Å². The molecular formula is C17H17BrN2O4S. The molecule has 0 bridgehead atoms. The second kappa shape index (κ2) is 7.15. The Hall–Kier alpha value is -1.90. The smallest absolute Gasteiger partial charge is 0.265 e. The van der Waals surface area contributed by atoms with Gasteiger partial charge in [-0.2, -0.15) is 0 Å². The zero-order chi connectivity index (χ0) is 18.0. The number of rotatable bonds is 5. The Bertz CT molecular complexity index is 900. The summed E-state index contributed by atoms with van der Waals surface area (Å²) in [7, 11) is -3.83. The van der Waals surface area contributed by atoms with Crippen molar-refractivity contribution in [2.45, 2.75) is 30.9 Å². The number of ether oxygens (including phenoxy) is 1. The number of sulfonamides is 1. The van der Waals surface area contributed by atoms with Crippen LogP contribution in [0.15, 0.2) is 51.8 Å². The molecule has 132 valence electrons. The van der Waals surface area contributed by atoms with Crippen molar-refractivity contribution < 1.29 is 17.9 Å². The van der Waals surface area contributed by atoms with Gasteiger partial charge in [0.15, 0.2) is 11.9 Å². The summed E-state index contributed by atoms with van der Waals surface area (Å²) in [6.45, 7) is 1.96. The lowest BCUT2D eigenvalue weighted by atomic mass is 10.2. The van der Waals surface area contributed by atoms with E-state index in [1.165, 1.54) is 6.07 Å². The van der Waals surface area contributed by atoms with Crippen molar-refractivity contribution >= 4 is 37.5 Å². The molecule has 2 aromatic rings. The maximum absolute atomic E-state index is 12.8. The van der Waals surface area contributed by atoms with Crippen LogP contribution in [0.2, 0.25) is 0 Å². The summed E-state index contributed by atoms with van der Waals surface area (Å²) in [5.74, 6) is -0.121. The van der Waals surface area contributed by atoms with Gasteiger partial charge in [0.1, 0.15) is 4.90 Å². The number of nitrogens with one attached hydrogen (secondary N) is 2. The van der Waals surface area contributed by atoms with Gasteiger partial charge in [-0.15, -0.1) is 0 Å². The maximum atomic E-state index is 12.8. The Kier molecular flexibility index (Phi) is 5.12. The van der Waals surface area contributed by atoms with Gasteiger partial charge in [0, 0.05) is 11.0 Å². The summed E-state index contributed by atoms with van der Waals surface area (Å²) >= 11 is 3.28. The molecule has 1 heterocycles. The van der Waals surface area contributed by atoms with E-state index in [0.29, 0.717) is 16.6 Å². The zero-order valence-electron chi connectivity index (χ0n) is 13.5. The molecule has 8 heteroatoms. The number of benzene rings is 2. The first-order valence-electron chi connectivity index (χ1n) is 7.75. The molecular weight excluding hydrogens is 408 g/mol. The van der Waals surface area contributed by atoms with Crippen molar-refractivity contribution in [1.82, 2.24) is 4.72 Å². The highest BCUT2D eigenvalue weighted by atomic mass is 79.9. The molecule has 25 heavy (non-hydrogen) atoms. The monoisotopic (exact) mass is 424 g/mol. The Morgan fingerprint density at radius 3 is 2.64 bits per heavy atom. The van der Waals surface area contributed by atoms with Crippen LogP contribution in [0.5, 0.6) is 5.75 Å². The van der Waals surface area contributed by atoms with Crippen molar-refractivity contribution in [3.8, 4) is 5.75 Å². The quantitative estimate of drug-likeness (QED) is 0.772. The summed E-state index contributed by atoms with van der Waals surface area (Å²) in [5, 5.41) is 2.70. The molecule has 0 aromatic heterocycles. The topological polar surface area (TPSA) is 84.5 Å². The molecule has 0 saturated heterocycles. The van der Waals surface area contributed by atoms with E-state index in [4.69, 9.17) is 4.74 Å². The molecule has 3 rings (SSSR count). The van der Waals surface area contributed by atoms with Crippen molar-refractivity contribution in [2.24, 2.45) is 0 Å². The van der Waals surface area contributed by atoms with Crippen molar-refractivity contribution in [1.29, 1.82) is 0 Å². The van der Waals surface area contributed by atoms with Crippen LogP contribution in [0.4, 0.5) is 5.69 Å². The van der Waals surface area contributed by atoms with Gasteiger partial charge in [0.2, 0.25) is 10.0 Å². The van der Waals surface area contributed by atoms with Crippen molar-refractivity contribution in [3.63, 3.8) is 0 Å². The lowest BCUT2D eigenvalue weighted by Gasteiger charge is -2.27. The predicted octanol–water partition coefficient (Wildman–Crippen LogP) is 3.04. The normalized spacial score (nSPS) is 16.7. The minimum absolute atomic E-state index is 0.00810. The van der Waals surface area contributed by atoms with Crippen LogP contribution < -0.4 is 14.8 Å². The second-order valence-electron chi connectivity index (χ2n) is 5.59. The predicted molar refractivity (Wildman–Crippen MR) is 97.9 cm³/mol. The van der Waals surface area contributed by atoms with Crippen LogP contribution in [0.25, 0.3) is 0 Å². The Morgan fingerprint density at radius 2 is 1.96 bits per heavy atom. The molecule has 0 radical (unpaired) electrons. The molecule has 0 spiro atoms. The maximum Gasteiger partial charge on any atom is 0.265 e. The van der Waals surface area contributed by atoms with E-state index in [-0.39, 0.29) is 23.1 Å². The standard InChI is InChI=1S/C17H17BrN2O4S/c1-2-14-17(21)20-13-8-12(18)9-15(16(13)24-14)25(22,23)19-10-11-6-4-3-5-7-11/h3-9,14,19H,2,10H2,1H3,(H,20,21). The summed E-state index contributed by atoms with van der Waals surface area (Å²) < 4.78 is 34.3. The number of hydrogen-bond donors (Lipinski definition) is 2. The minimum Gasteiger partial charge on any atom is -0.477 e. The number of carbonyl (C=O) groups excluding carboxylic acids is 1. The lowest BCUT2D eigenvalue weighted by Crippen LogP contribution is -2.37. The highest BCUT2D eigenvalue weighted by molar-refractivity contribution is 9.10. The highest BCUT2D eigenvalue weighted by Gasteiger charge is 2.32. The van der Waals surface area contributed by atoms with Gasteiger partial charge in [0.05, 0.1) is 5.69 Å². The summed E-state index contributed by atoms with van der Waals surface area (Å²) in [6.07, 6.45) is -0.269. The summed E-state index contributed by atoms with van der Waals surface area (Å²) in [4.78, 5) is 11.9. The largest absolute Gasteiger partial charge is 0.477 e. The van der Waals surface area contributed by atoms with Gasteiger partial charge in [-0.05, 0) is 24.1 Å². The minimum atomic E-state index is -3.83. The molecule has 1 atom stereocenters. The molecule has 1 amide bonds. The molecule has 1 aliphatic rings. The fourth-order valence-corrected chi connectivity index (χ4v) is 4.32. The van der Waals surface area contributed by atoms with E-state index in [1.807, 2.05) is 30.3 Å². The number of carbonyl (C=O) groups is 1. The second-order valence-corrected chi connectivity index (χ2v) is 8.25. The molecule has 0 fully saturated rings. The number of fused-ring (bicyclic) bond motifs is 1. The number of halogens is 1.